The van der Waals surface area contributed by atoms with Crippen LogP contribution in [0.25, 0.3) is 0 Å². The maximum absolute atomic E-state index is 13.3. The fourth-order valence-electron chi connectivity index (χ4n) is 1.24. The van der Waals surface area contributed by atoms with E-state index in [1.807, 2.05) is 0 Å². The first kappa shape index (κ1) is 22.3. The summed E-state index contributed by atoms with van der Waals surface area (Å²) in [5, 5.41) is 18.3. The number of hydrogen-bond donors (Lipinski definition) is 4. The molecule has 0 unspecified atom stereocenters. The van der Waals surface area contributed by atoms with Crippen LogP contribution in [-0.2, 0) is 9.59 Å². The van der Waals surface area contributed by atoms with Crippen molar-refractivity contribution < 1.29 is 54.9 Å². The fourth-order valence-corrected chi connectivity index (χ4v) is 1.24. The third kappa shape index (κ3) is 3.68. The van der Waals surface area contributed by atoms with E-state index < -0.39 is 61.8 Å². The van der Waals surface area contributed by atoms with E-state index in [1.165, 1.54) is 0 Å². The first-order valence-electron chi connectivity index (χ1n) is 6.01. The topological polar surface area (TPSA) is 98.7 Å². The van der Waals surface area contributed by atoms with Crippen molar-refractivity contribution in [3.63, 3.8) is 0 Å². The Morgan fingerprint density at radius 3 is 1.12 bits per heavy atom. The Kier molecular flexibility index (Phi) is 6.93. The molecule has 2 amide bonds. The molecule has 0 bridgehead atoms. The Balaban J connectivity index is 5.70. The Bertz CT molecular complexity index is 430. The van der Waals surface area contributed by atoms with Gasteiger partial charge in [-0.05, 0) is 0 Å². The first-order valence-corrected chi connectivity index (χ1v) is 6.01. The van der Waals surface area contributed by atoms with Gasteiger partial charge in [0.2, 0.25) is 0 Å². The van der Waals surface area contributed by atoms with Crippen LogP contribution >= 0.6 is 0 Å². The summed E-state index contributed by atoms with van der Waals surface area (Å²) in [6.45, 7) is -4.13. The van der Waals surface area contributed by atoms with Crippen molar-refractivity contribution in [1.29, 1.82) is 0 Å². The Labute approximate surface area is 128 Å². The van der Waals surface area contributed by atoms with Crippen molar-refractivity contribution in [2.45, 2.75) is 23.7 Å². The van der Waals surface area contributed by atoms with Gasteiger partial charge in [0.15, 0.2) is 0 Å². The molecule has 0 aromatic rings. The molecule has 0 saturated heterocycles. The number of amides is 2. The molecule has 0 spiro atoms. The molecule has 6 nitrogen and oxygen atoms in total. The Morgan fingerprint density at radius 1 is 0.667 bits per heavy atom. The summed E-state index contributed by atoms with van der Waals surface area (Å²) in [7, 11) is 0. The average molecular weight is 376 g/mol. The van der Waals surface area contributed by atoms with Crippen LogP contribution in [0.4, 0.5) is 35.1 Å². The van der Waals surface area contributed by atoms with E-state index in [0.29, 0.717) is 0 Å². The normalized spacial score (nSPS) is 13.6. The van der Waals surface area contributed by atoms with E-state index in [-0.39, 0.29) is 0 Å². The highest BCUT2D eigenvalue weighted by atomic mass is 19.4. The van der Waals surface area contributed by atoms with Gasteiger partial charge >= 0.3 is 23.7 Å². The molecule has 0 heterocycles. The molecule has 0 saturated carbocycles. The van der Waals surface area contributed by atoms with Crippen LogP contribution in [0.1, 0.15) is 0 Å². The molecular weight excluding hydrogens is 364 g/mol. The predicted molar refractivity (Wildman–Crippen MR) is 60.0 cm³/mol. The van der Waals surface area contributed by atoms with Crippen molar-refractivity contribution in [1.82, 2.24) is 10.6 Å². The van der Waals surface area contributed by atoms with E-state index in [1.54, 1.807) is 0 Å². The number of rotatable bonds is 9. The van der Waals surface area contributed by atoms with E-state index >= 15 is 0 Å². The Hall–Kier alpha value is -1.70. The SMILES string of the molecule is O=C(NCCO)C(F)(F)C(F)(F)C(F)(F)C(F)(F)C(=O)NCCO. The largest absolute Gasteiger partial charge is 0.395 e. The monoisotopic (exact) mass is 376 g/mol. The Morgan fingerprint density at radius 2 is 0.917 bits per heavy atom. The van der Waals surface area contributed by atoms with E-state index in [9.17, 15) is 44.7 Å². The molecule has 0 aliphatic heterocycles. The van der Waals surface area contributed by atoms with Gasteiger partial charge in [-0.25, -0.2) is 0 Å². The average Bonchev–Trinajstić information content (AvgIpc) is 2.49. The summed E-state index contributed by atoms with van der Waals surface area (Å²) >= 11 is 0. The molecule has 0 aliphatic rings. The molecular formula is C10H12F8N2O4. The number of carbonyl (C=O) groups is 2. The van der Waals surface area contributed by atoms with E-state index in [0.717, 1.165) is 10.6 Å². The van der Waals surface area contributed by atoms with Gasteiger partial charge in [-0.15, -0.1) is 0 Å². The van der Waals surface area contributed by atoms with Gasteiger partial charge in [0.25, 0.3) is 11.8 Å². The minimum absolute atomic E-state index is 0.935. The third-order valence-electron chi connectivity index (χ3n) is 2.55. The summed E-state index contributed by atoms with van der Waals surface area (Å²) in [6, 6.07) is 0. The zero-order valence-electron chi connectivity index (χ0n) is 11.6. The number of nitrogens with one attached hydrogen (secondary N) is 2. The smallest absolute Gasteiger partial charge is 0.392 e. The minimum atomic E-state index is -6.96. The third-order valence-corrected chi connectivity index (χ3v) is 2.55. The van der Waals surface area contributed by atoms with Crippen LogP contribution < -0.4 is 10.6 Å². The summed E-state index contributed by atoms with van der Waals surface area (Å²) < 4.78 is 106. The zero-order valence-corrected chi connectivity index (χ0v) is 11.6. The van der Waals surface area contributed by atoms with Gasteiger partial charge in [-0.1, -0.05) is 0 Å². The van der Waals surface area contributed by atoms with Crippen LogP contribution in [0, 0.1) is 0 Å². The summed E-state index contributed by atoms with van der Waals surface area (Å²) in [5.74, 6) is -32.7. The van der Waals surface area contributed by atoms with Crippen molar-refractivity contribution in [3.8, 4) is 0 Å². The lowest BCUT2D eigenvalue weighted by molar-refractivity contribution is -0.347. The lowest BCUT2D eigenvalue weighted by Crippen LogP contribution is -2.69. The number of aliphatic hydroxyl groups is 2. The summed E-state index contributed by atoms with van der Waals surface area (Å²) in [6.07, 6.45) is 0. The second kappa shape index (κ2) is 7.46. The number of hydrogen-bond acceptors (Lipinski definition) is 4. The van der Waals surface area contributed by atoms with Crippen molar-refractivity contribution in [2.75, 3.05) is 26.3 Å². The maximum atomic E-state index is 13.3. The molecule has 4 N–H and O–H groups in total. The highest BCUT2D eigenvalue weighted by molar-refractivity contribution is 5.87. The molecule has 0 aliphatic carbocycles. The molecule has 0 aromatic heterocycles. The quantitative estimate of drug-likeness (QED) is 0.417. The molecule has 0 aromatic carbocycles. The van der Waals surface area contributed by atoms with Gasteiger partial charge in [-0.3, -0.25) is 9.59 Å². The van der Waals surface area contributed by atoms with Crippen LogP contribution in [0.2, 0.25) is 0 Å². The van der Waals surface area contributed by atoms with Gasteiger partial charge in [0, 0.05) is 13.1 Å². The fraction of sp³-hybridized carbons (Fsp3) is 0.800. The van der Waals surface area contributed by atoms with Crippen molar-refractivity contribution >= 4 is 11.8 Å². The van der Waals surface area contributed by atoms with Crippen LogP contribution in [0.15, 0.2) is 0 Å². The molecule has 14 heteroatoms. The second-order valence-corrected chi connectivity index (χ2v) is 4.26. The molecule has 142 valence electrons. The highest BCUT2D eigenvalue weighted by Gasteiger charge is 2.84. The van der Waals surface area contributed by atoms with Crippen molar-refractivity contribution in [3.05, 3.63) is 0 Å². The van der Waals surface area contributed by atoms with Gasteiger partial charge in [0.05, 0.1) is 13.2 Å². The molecule has 24 heavy (non-hydrogen) atoms. The first-order chi connectivity index (χ1) is 10.7. The lowest BCUT2D eigenvalue weighted by Gasteiger charge is -2.35. The van der Waals surface area contributed by atoms with E-state index in [4.69, 9.17) is 10.2 Å². The highest BCUT2D eigenvalue weighted by Crippen LogP contribution is 2.52. The second-order valence-electron chi connectivity index (χ2n) is 4.26. The number of alkyl halides is 8. The van der Waals surface area contributed by atoms with Crippen LogP contribution in [-0.4, -0.2) is 72.0 Å². The minimum Gasteiger partial charge on any atom is -0.395 e. The standard InChI is InChI=1S/C10H12F8N2O4/c11-7(12,5(23)19-1-3-21)9(15,16)10(17,18)8(13,14)6(24)20-2-4-22/h21-22H,1-4H2,(H,19,23)(H,20,24). The van der Waals surface area contributed by atoms with Gasteiger partial charge in [0.1, 0.15) is 0 Å². The molecule has 0 fully saturated rings. The van der Waals surface area contributed by atoms with Crippen molar-refractivity contribution in [2.24, 2.45) is 0 Å². The van der Waals surface area contributed by atoms with Crippen LogP contribution in [0.5, 0.6) is 0 Å². The molecule has 0 atom stereocenters. The zero-order chi connectivity index (χ0) is 19.4. The summed E-state index contributed by atoms with van der Waals surface area (Å²) in [4.78, 5) is 21.6. The summed E-state index contributed by atoms with van der Waals surface area (Å²) in [5.41, 5.74) is 0. The van der Waals surface area contributed by atoms with Gasteiger partial charge < -0.3 is 20.8 Å². The van der Waals surface area contributed by atoms with E-state index in [2.05, 4.69) is 0 Å². The number of halogens is 8. The predicted octanol–water partition coefficient (Wildman–Crippen LogP) is -0.255. The number of carbonyl (C=O) groups excluding carboxylic acids is 2. The number of aliphatic hydroxyl groups excluding tert-OH is 2. The van der Waals surface area contributed by atoms with Gasteiger partial charge in [-0.2, -0.15) is 35.1 Å². The van der Waals surface area contributed by atoms with Crippen LogP contribution in [0.3, 0.4) is 0 Å². The maximum Gasteiger partial charge on any atom is 0.392 e. The lowest BCUT2D eigenvalue weighted by atomic mass is 9.97. The molecule has 0 rings (SSSR count). The molecule has 0 radical (unpaired) electrons.